The molecule has 0 aliphatic carbocycles. The van der Waals surface area contributed by atoms with Crippen LogP contribution >= 0.6 is 0 Å². The van der Waals surface area contributed by atoms with E-state index in [1.54, 1.807) is 7.05 Å². The normalized spacial score (nSPS) is 20.8. The van der Waals surface area contributed by atoms with Gasteiger partial charge in [0.2, 0.25) is 23.6 Å². The van der Waals surface area contributed by atoms with Crippen molar-refractivity contribution in [1.82, 2.24) is 20.9 Å². The summed E-state index contributed by atoms with van der Waals surface area (Å²) in [5, 5.41) is 39.4. The molecule has 1 aliphatic heterocycles. The maximum atomic E-state index is 13.9. The van der Waals surface area contributed by atoms with Crippen LogP contribution in [0.3, 0.4) is 0 Å². The molecule has 1 aliphatic rings. The van der Waals surface area contributed by atoms with E-state index < -0.39 is 36.7 Å². The number of aliphatic hydroxyl groups excluding tert-OH is 3. The lowest BCUT2D eigenvalue weighted by molar-refractivity contribution is -0.280. The van der Waals surface area contributed by atoms with Gasteiger partial charge in [-0.2, -0.15) is 0 Å². The Bertz CT molecular complexity index is 849. The van der Waals surface area contributed by atoms with E-state index in [2.05, 4.69) is 29.8 Å². The number of carbonyl (C=O) groups excluding carboxylic acids is 3. The summed E-state index contributed by atoms with van der Waals surface area (Å²) in [5.74, 6) is -2.95. The van der Waals surface area contributed by atoms with E-state index in [9.17, 15) is 29.7 Å². The maximum Gasteiger partial charge on any atom is 0.243 e. The van der Waals surface area contributed by atoms with Crippen molar-refractivity contribution in [2.24, 2.45) is 0 Å². The van der Waals surface area contributed by atoms with Crippen LogP contribution in [0.5, 0.6) is 0 Å². The molecule has 48 heavy (non-hydrogen) atoms. The average Bonchev–Trinajstić information content (AvgIpc) is 3.06. The second kappa shape index (κ2) is 28.0. The van der Waals surface area contributed by atoms with Gasteiger partial charge in [-0.15, -0.1) is 0 Å². The van der Waals surface area contributed by atoms with E-state index in [1.807, 2.05) is 0 Å². The van der Waals surface area contributed by atoms with Crippen molar-refractivity contribution >= 4 is 17.7 Å². The van der Waals surface area contributed by atoms with Gasteiger partial charge >= 0.3 is 0 Å². The molecule has 1 rings (SSSR count). The third-order valence-electron chi connectivity index (χ3n) is 9.37. The second-order valence-corrected chi connectivity index (χ2v) is 13.8. The number of ether oxygens (including phenoxy) is 1. The van der Waals surface area contributed by atoms with Crippen molar-refractivity contribution in [2.45, 2.75) is 186 Å². The molecule has 0 aromatic carbocycles. The molecule has 0 bridgehead atoms. The molecule has 0 aromatic rings. The van der Waals surface area contributed by atoms with Crippen LogP contribution in [0.2, 0.25) is 0 Å². The number of nitrogens with one attached hydrogen (secondary N) is 3. The van der Waals surface area contributed by atoms with Crippen molar-refractivity contribution in [3.8, 4) is 0 Å². The van der Waals surface area contributed by atoms with Crippen molar-refractivity contribution in [2.75, 3.05) is 33.3 Å². The number of hydrogen-bond donors (Lipinski definition) is 6. The quantitative estimate of drug-likeness (QED) is 0.0453. The number of carbonyl (C=O) groups is 3. The zero-order valence-corrected chi connectivity index (χ0v) is 30.7. The molecule has 1 heterocycles. The van der Waals surface area contributed by atoms with Gasteiger partial charge in [-0.05, 0) is 19.9 Å². The molecule has 11 heteroatoms. The van der Waals surface area contributed by atoms with Crippen LogP contribution in [0, 0.1) is 0 Å². The molecule has 1 saturated heterocycles. The Morgan fingerprint density at radius 1 is 0.708 bits per heavy atom. The van der Waals surface area contributed by atoms with Gasteiger partial charge < -0.3 is 36.0 Å². The first kappa shape index (κ1) is 44.2. The summed E-state index contributed by atoms with van der Waals surface area (Å²) in [5.41, 5.74) is 0. The van der Waals surface area contributed by atoms with Crippen molar-refractivity contribution in [3.05, 3.63) is 0 Å². The standard InChI is InChI=1S/C37H72N4O7/c1-4-6-8-10-12-14-15-16-18-20-22-24-26-41(35(46)25-23-21-19-17-13-11-9-7-5-2)37(27-31(43)36(47)32(30-42)48-37)40-34(45)29-39-33(44)28-38-3/h31-32,36,38,42-43,47H,4-30H2,1-3H3,(H,39,44)(H,40,45)/t31-,32-,36+,37+/m1/s1. The van der Waals surface area contributed by atoms with Crippen LogP contribution in [-0.2, 0) is 19.1 Å². The topological polar surface area (TPSA) is 160 Å². The van der Waals surface area contributed by atoms with Crippen LogP contribution in [-0.4, -0.2) is 95.4 Å². The highest BCUT2D eigenvalue weighted by Gasteiger charge is 2.52. The molecule has 282 valence electrons. The lowest BCUT2D eigenvalue weighted by Crippen LogP contribution is -2.72. The van der Waals surface area contributed by atoms with Crippen molar-refractivity contribution in [1.29, 1.82) is 0 Å². The van der Waals surface area contributed by atoms with E-state index in [-0.39, 0.29) is 37.7 Å². The summed E-state index contributed by atoms with van der Waals surface area (Å²) >= 11 is 0. The first-order chi connectivity index (χ1) is 23.2. The van der Waals surface area contributed by atoms with Crippen molar-refractivity contribution in [3.63, 3.8) is 0 Å². The summed E-state index contributed by atoms with van der Waals surface area (Å²) in [6.45, 7) is 3.82. The highest BCUT2D eigenvalue weighted by atomic mass is 16.6. The number of nitrogens with zero attached hydrogens (tertiary/aromatic N) is 1. The fraction of sp³-hybridized carbons (Fsp3) is 0.919. The highest BCUT2D eigenvalue weighted by molar-refractivity contribution is 5.86. The lowest BCUT2D eigenvalue weighted by Gasteiger charge is -2.50. The minimum atomic E-state index is -1.77. The fourth-order valence-corrected chi connectivity index (χ4v) is 6.49. The largest absolute Gasteiger partial charge is 0.394 e. The van der Waals surface area contributed by atoms with E-state index in [0.29, 0.717) is 19.4 Å². The van der Waals surface area contributed by atoms with Gasteiger partial charge in [-0.3, -0.25) is 19.3 Å². The molecule has 11 nitrogen and oxygen atoms in total. The Morgan fingerprint density at radius 3 is 1.67 bits per heavy atom. The van der Waals surface area contributed by atoms with Gasteiger partial charge in [0.25, 0.3) is 0 Å². The predicted octanol–water partition coefficient (Wildman–Crippen LogP) is 5.05. The molecule has 0 saturated carbocycles. The van der Waals surface area contributed by atoms with Crippen LogP contribution in [0.15, 0.2) is 0 Å². The molecule has 0 radical (unpaired) electrons. The molecular weight excluding hydrogens is 612 g/mol. The molecular formula is C37H72N4O7. The highest BCUT2D eigenvalue weighted by Crippen LogP contribution is 2.32. The lowest BCUT2D eigenvalue weighted by atomic mass is 9.96. The molecule has 0 aromatic heterocycles. The van der Waals surface area contributed by atoms with Gasteiger partial charge in [0.05, 0.1) is 25.8 Å². The van der Waals surface area contributed by atoms with E-state index in [1.165, 1.54) is 88.4 Å². The van der Waals surface area contributed by atoms with Gasteiger partial charge in [-0.1, -0.05) is 136 Å². The Hall–Kier alpha value is -1.79. The van der Waals surface area contributed by atoms with Gasteiger partial charge in [0.1, 0.15) is 12.2 Å². The minimum absolute atomic E-state index is 0.0364. The Morgan fingerprint density at radius 2 is 1.19 bits per heavy atom. The first-order valence-corrected chi connectivity index (χ1v) is 19.4. The molecule has 6 N–H and O–H groups in total. The maximum absolute atomic E-state index is 13.9. The van der Waals surface area contributed by atoms with Crippen molar-refractivity contribution < 1.29 is 34.4 Å². The van der Waals surface area contributed by atoms with Gasteiger partial charge in [0.15, 0.2) is 0 Å². The van der Waals surface area contributed by atoms with E-state index >= 15 is 0 Å². The molecule has 0 spiro atoms. The number of unbranched alkanes of at least 4 members (excludes halogenated alkanes) is 19. The number of amides is 3. The first-order valence-electron chi connectivity index (χ1n) is 19.4. The Balaban J connectivity index is 2.91. The predicted molar refractivity (Wildman–Crippen MR) is 191 cm³/mol. The minimum Gasteiger partial charge on any atom is -0.394 e. The van der Waals surface area contributed by atoms with Crippen LogP contribution in [0.1, 0.15) is 162 Å². The number of hydrogen-bond acceptors (Lipinski definition) is 8. The zero-order chi connectivity index (χ0) is 35.5. The zero-order valence-electron chi connectivity index (χ0n) is 30.7. The third-order valence-corrected chi connectivity index (χ3v) is 9.37. The van der Waals surface area contributed by atoms with E-state index in [0.717, 1.165) is 38.5 Å². The van der Waals surface area contributed by atoms with E-state index in [4.69, 9.17) is 4.74 Å². The molecule has 4 atom stereocenters. The number of likely N-dealkylation sites (N-methyl/N-ethyl adjacent to an activating group) is 1. The number of aliphatic hydroxyl groups is 3. The van der Waals surface area contributed by atoms with Gasteiger partial charge in [0, 0.05) is 19.4 Å². The summed E-state index contributed by atoms with van der Waals surface area (Å²) < 4.78 is 6.15. The average molecular weight is 685 g/mol. The van der Waals surface area contributed by atoms with Crippen LogP contribution < -0.4 is 16.0 Å². The van der Waals surface area contributed by atoms with Gasteiger partial charge in [-0.25, -0.2) is 0 Å². The summed E-state index contributed by atoms with van der Waals surface area (Å²) in [7, 11) is 1.62. The Kier molecular flexibility index (Phi) is 25.8. The monoisotopic (exact) mass is 685 g/mol. The molecule has 0 unspecified atom stereocenters. The molecule has 1 fully saturated rings. The number of rotatable bonds is 30. The summed E-state index contributed by atoms with van der Waals surface area (Å²) in [6.07, 6.45) is 20.1. The van der Waals surface area contributed by atoms with Crippen LogP contribution in [0.4, 0.5) is 0 Å². The third kappa shape index (κ3) is 18.8. The van der Waals surface area contributed by atoms with Crippen LogP contribution in [0.25, 0.3) is 0 Å². The second-order valence-electron chi connectivity index (χ2n) is 13.8. The fourth-order valence-electron chi connectivity index (χ4n) is 6.49. The SMILES string of the molecule is CCCCCCCCCCCCCCN(C(=O)CCCCCCCCCCC)[C@@]1(NC(=O)CNC(=O)CNC)C[C@@H](O)[C@H](O)[C@@H](CO)O1. The summed E-state index contributed by atoms with van der Waals surface area (Å²) in [6, 6.07) is 0. The summed E-state index contributed by atoms with van der Waals surface area (Å²) in [4.78, 5) is 40.6. The molecule has 3 amide bonds. The smallest absolute Gasteiger partial charge is 0.243 e. The Labute approximate surface area is 291 Å².